The third kappa shape index (κ3) is 5.26. The summed E-state index contributed by atoms with van der Waals surface area (Å²) in [7, 11) is 0. The lowest BCUT2D eigenvalue weighted by Crippen LogP contribution is -2.50. The molecule has 1 saturated heterocycles. The number of hydrogen-bond donors (Lipinski definition) is 1. The Labute approximate surface area is 171 Å². The molecule has 1 fully saturated rings. The van der Waals surface area contributed by atoms with Crippen molar-refractivity contribution in [2.45, 2.75) is 31.8 Å². The molecule has 4 rings (SSSR count). The lowest BCUT2D eigenvalue weighted by Gasteiger charge is -2.35. The molecule has 0 saturated carbocycles. The Morgan fingerprint density at radius 3 is 2.52 bits per heavy atom. The molecule has 2 aromatic carbocycles. The predicted octanol–water partition coefficient (Wildman–Crippen LogP) is 3.44. The second-order valence-electron chi connectivity index (χ2n) is 7.81. The number of nitrogens with zero attached hydrogens (tertiary/aromatic N) is 2. The standard InChI is InChI=1S/C23H28FN3O2/c24-20-5-7-22(8-6-20)29-16-15-26-12-10-21(11-13-26)25-23(28)27-14-9-18-3-1-2-4-19(18)17-27/h1-8,21H,9-17H2,(H,25,28). The lowest BCUT2D eigenvalue weighted by atomic mass is 10.00. The summed E-state index contributed by atoms with van der Waals surface area (Å²) in [6, 6.07) is 14.8. The van der Waals surface area contributed by atoms with Crippen molar-refractivity contribution in [2.75, 3.05) is 32.8 Å². The highest BCUT2D eigenvalue weighted by Crippen LogP contribution is 2.19. The maximum Gasteiger partial charge on any atom is 0.317 e. The first-order valence-corrected chi connectivity index (χ1v) is 10.4. The number of rotatable bonds is 5. The highest BCUT2D eigenvalue weighted by atomic mass is 19.1. The minimum absolute atomic E-state index is 0.0533. The van der Waals surface area contributed by atoms with E-state index >= 15 is 0 Å². The molecular weight excluding hydrogens is 369 g/mol. The van der Waals surface area contributed by atoms with Gasteiger partial charge in [0.1, 0.15) is 18.2 Å². The van der Waals surface area contributed by atoms with Crippen molar-refractivity contribution in [1.82, 2.24) is 15.1 Å². The quantitative estimate of drug-likeness (QED) is 0.841. The van der Waals surface area contributed by atoms with Gasteiger partial charge in [0, 0.05) is 38.8 Å². The van der Waals surface area contributed by atoms with Crippen molar-refractivity contribution in [2.24, 2.45) is 0 Å². The Balaban J connectivity index is 1.16. The maximum absolute atomic E-state index is 12.9. The van der Waals surface area contributed by atoms with Gasteiger partial charge < -0.3 is 15.0 Å². The van der Waals surface area contributed by atoms with E-state index in [1.165, 1.54) is 23.3 Å². The van der Waals surface area contributed by atoms with Crippen LogP contribution in [0, 0.1) is 5.82 Å². The number of likely N-dealkylation sites (tertiary alicyclic amines) is 1. The average molecular weight is 397 g/mol. The Bertz CT molecular complexity index is 819. The third-order valence-electron chi connectivity index (χ3n) is 5.82. The van der Waals surface area contributed by atoms with Crippen LogP contribution in [-0.4, -0.2) is 54.7 Å². The molecule has 1 N–H and O–H groups in total. The lowest BCUT2D eigenvalue weighted by molar-refractivity contribution is 0.154. The second kappa shape index (κ2) is 9.27. The number of urea groups is 1. The molecule has 0 spiro atoms. The van der Waals surface area contributed by atoms with Gasteiger partial charge in [0.2, 0.25) is 0 Å². The molecule has 2 heterocycles. The molecule has 0 radical (unpaired) electrons. The van der Waals surface area contributed by atoms with Gasteiger partial charge in [-0.2, -0.15) is 0 Å². The van der Waals surface area contributed by atoms with E-state index in [0.717, 1.165) is 45.4 Å². The fraction of sp³-hybridized carbons (Fsp3) is 0.435. The number of hydrogen-bond acceptors (Lipinski definition) is 3. The predicted molar refractivity (Wildman–Crippen MR) is 110 cm³/mol. The monoisotopic (exact) mass is 397 g/mol. The average Bonchev–Trinajstić information content (AvgIpc) is 2.76. The van der Waals surface area contributed by atoms with Gasteiger partial charge in [0.25, 0.3) is 0 Å². The molecule has 0 atom stereocenters. The fourth-order valence-corrected chi connectivity index (χ4v) is 4.06. The number of nitrogens with one attached hydrogen (secondary N) is 1. The molecule has 2 aromatic rings. The number of fused-ring (bicyclic) bond motifs is 1. The summed E-state index contributed by atoms with van der Waals surface area (Å²) in [4.78, 5) is 16.9. The van der Waals surface area contributed by atoms with E-state index in [0.29, 0.717) is 18.9 Å². The first-order valence-electron chi connectivity index (χ1n) is 10.4. The Kier molecular flexibility index (Phi) is 6.30. The first kappa shape index (κ1) is 19.7. The maximum atomic E-state index is 12.9. The van der Waals surface area contributed by atoms with Crippen molar-refractivity contribution < 1.29 is 13.9 Å². The summed E-state index contributed by atoms with van der Waals surface area (Å²) in [5.41, 5.74) is 2.61. The van der Waals surface area contributed by atoms with Crippen LogP contribution >= 0.6 is 0 Å². The van der Waals surface area contributed by atoms with Crippen LogP contribution in [0.5, 0.6) is 5.75 Å². The fourth-order valence-electron chi connectivity index (χ4n) is 4.06. The molecular formula is C23H28FN3O2. The summed E-state index contributed by atoms with van der Waals surface area (Å²) >= 11 is 0. The van der Waals surface area contributed by atoms with Crippen LogP contribution in [0.15, 0.2) is 48.5 Å². The van der Waals surface area contributed by atoms with Crippen LogP contribution in [-0.2, 0) is 13.0 Å². The summed E-state index contributed by atoms with van der Waals surface area (Å²) in [6.07, 6.45) is 2.83. The topological polar surface area (TPSA) is 44.8 Å². The van der Waals surface area contributed by atoms with Crippen molar-refractivity contribution in [1.29, 1.82) is 0 Å². The van der Waals surface area contributed by atoms with E-state index in [4.69, 9.17) is 4.74 Å². The molecule has 6 heteroatoms. The second-order valence-corrected chi connectivity index (χ2v) is 7.81. The zero-order chi connectivity index (χ0) is 20.1. The SMILES string of the molecule is O=C(NC1CCN(CCOc2ccc(F)cc2)CC1)N1CCc2ccccc2C1. The van der Waals surface area contributed by atoms with Crippen LogP contribution in [0.2, 0.25) is 0 Å². The van der Waals surface area contributed by atoms with E-state index in [2.05, 4.69) is 28.4 Å². The number of amides is 2. The molecule has 2 aliphatic heterocycles. The molecule has 5 nitrogen and oxygen atoms in total. The van der Waals surface area contributed by atoms with Crippen molar-refractivity contribution in [3.05, 3.63) is 65.5 Å². The van der Waals surface area contributed by atoms with Crippen LogP contribution in [0.4, 0.5) is 9.18 Å². The zero-order valence-corrected chi connectivity index (χ0v) is 16.6. The van der Waals surface area contributed by atoms with E-state index in [-0.39, 0.29) is 17.9 Å². The number of benzene rings is 2. The van der Waals surface area contributed by atoms with Gasteiger partial charge in [-0.3, -0.25) is 4.90 Å². The summed E-state index contributed by atoms with van der Waals surface area (Å²) in [5.74, 6) is 0.437. The number of piperidine rings is 1. The Hall–Kier alpha value is -2.60. The third-order valence-corrected chi connectivity index (χ3v) is 5.82. The number of halogens is 1. The van der Waals surface area contributed by atoms with Gasteiger partial charge in [-0.05, 0) is 54.7 Å². The molecule has 2 aliphatic rings. The molecule has 0 aromatic heterocycles. The summed E-state index contributed by atoms with van der Waals surface area (Å²) in [6.45, 7) is 4.78. The molecule has 29 heavy (non-hydrogen) atoms. The number of carbonyl (C=O) groups excluding carboxylic acids is 1. The summed E-state index contributed by atoms with van der Waals surface area (Å²) < 4.78 is 18.6. The van der Waals surface area contributed by atoms with E-state index in [9.17, 15) is 9.18 Å². The van der Waals surface area contributed by atoms with E-state index < -0.39 is 0 Å². The number of carbonyl (C=O) groups is 1. The first-order chi connectivity index (χ1) is 14.2. The minimum atomic E-state index is -0.254. The molecule has 0 aliphatic carbocycles. The van der Waals surface area contributed by atoms with Crippen LogP contribution in [0.1, 0.15) is 24.0 Å². The van der Waals surface area contributed by atoms with Crippen molar-refractivity contribution >= 4 is 6.03 Å². The Morgan fingerprint density at radius 2 is 1.76 bits per heavy atom. The van der Waals surface area contributed by atoms with Crippen molar-refractivity contribution in [3.8, 4) is 5.75 Å². The van der Waals surface area contributed by atoms with Crippen LogP contribution < -0.4 is 10.1 Å². The van der Waals surface area contributed by atoms with Gasteiger partial charge in [0.05, 0.1) is 0 Å². The van der Waals surface area contributed by atoms with Gasteiger partial charge in [-0.25, -0.2) is 9.18 Å². The molecule has 0 unspecified atom stereocenters. The van der Waals surface area contributed by atoms with Gasteiger partial charge in [-0.15, -0.1) is 0 Å². The highest BCUT2D eigenvalue weighted by Gasteiger charge is 2.25. The zero-order valence-electron chi connectivity index (χ0n) is 16.6. The van der Waals surface area contributed by atoms with Gasteiger partial charge >= 0.3 is 6.03 Å². The van der Waals surface area contributed by atoms with Crippen LogP contribution in [0.25, 0.3) is 0 Å². The number of ether oxygens (including phenoxy) is 1. The molecule has 0 bridgehead atoms. The largest absolute Gasteiger partial charge is 0.492 e. The van der Waals surface area contributed by atoms with Crippen LogP contribution in [0.3, 0.4) is 0 Å². The van der Waals surface area contributed by atoms with E-state index in [1.807, 2.05) is 11.0 Å². The summed E-state index contributed by atoms with van der Waals surface area (Å²) in [5, 5.41) is 3.22. The normalized spacial score (nSPS) is 17.6. The minimum Gasteiger partial charge on any atom is -0.492 e. The van der Waals surface area contributed by atoms with Crippen molar-refractivity contribution in [3.63, 3.8) is 0 Å². The molecule has 2 amide bonds. The highest BCUT2D eigenvalue weighted by molar-refractivity contribution is 5.75. The van der Waals surface area contributed by atoms with Gasteiger partial charge in [-0.1, -0.05) is 24.3 Å². The smallest absolute Gasteiger partial charge is 0.317 e. The van der Waals surface area contributed by atoms with E-state index in [1.54, 1.807) is 12.1 Å². The molecule has 154 valence electrons. The van der Waals surface area contributed by atoms with Gasteiger partial charge in [0.15, 0.2) is 0 Å². The Morgan fingerprint density at radius 1 is 1.03 bits per heavy atom.